The third-order valence-electron chi connectivity index (χ3n) is 2.49. The number of likely N-dealkylation sites (N-methyl/N-ethyl adjacent to an activating group) is 2. The first-order chi connectivity index (χ1) is 8.86. The van der Waals surface area contributed by atoms with Gasteiger partial charge in [-0.2, -0.15) is 0 Å². The van der Waals surface area contributed by atoms with Crippen LogP contribution in [-0.2, 0) is 21.9 Å². The zero-order chi connectivity index (χ0) is 14.5. The van der Waals surface area contributed by atoms with Crippen molar-refractivity contribution in [2.24, 2.45) is 7.05 Å². The van der Waals surface area contributed by atoms with Gasteiger partial charge in [0.25, 0.3) is 10.0 Å². The quantitative estimate of drug-likeness (QED) is 0.656. The maximum Gasteiger partial charge on any atom is 0.260 e. The van der Waals surface area contributed by atoms with E-state index in [9.17, 15) is 13.2 Å². The second kappa shape index (κ2) is 8.20. The molecule has 1 heterocycles. The monoisotopic (exact) mass is 325 g/mol. The molecule has 1 amide bonds. The third kappa shape index (κ3) is 5.45. The van der Waals surface area contributed by atoms with E-state index in [-0.39, 0.29) is 29.9 Å². The Bertz CT molecular complexity index is 531. The summed E-state index contributed by atoms with van der Waals surface area (Å²) in [4.78, 5) is 16.9. The molecule has 0 unspecified atom stereocenters. The summed E-state index contributed by atoms with van der Waals surface area (Å²) in [5.41, 5.74) is 0. The third-order valence-corrected chi connectivity index (χ3v) is 3.78. The van der Waals surface area contributed by atoms with Gasteiger partial charge in [-0.3, -0.25) is 4.79 Å². The molecule has 0 atom stereocenters. The van der Waals surface area contributed by atoms with Crippen LogP contribution in [0.3, 0.4) is 0 Å². The SMILES string of the molecule is CNCCN(C)C(=O)CNS(=O)(=O)c1cn(C)cn1.Cl. The largest absolute Gasteiger partial charge is 0.343 e. The molecule has 1 rings (SSSR count). The van der Waals surface area contributed by atoms with Gasteiger partial charge in [0.15, 0.2) is 5.03 Å². The van der Waals surface area contributed by atoms with Crippen LogP contribution in [0.15, 0.2) is 17.6 Å². The standard InChI is InChI=1S/C10H19N5O3S.ClH/c1-11-4-5-15(3)10(16)6-13-19(17,18)9-7-14(2)8-12-9;/h7-8,11,13H,4-6H2,1-3H3;1H. The molecule has 0 radical (unpaired) electrons. The van der Waals surface area contributed by atoms with Crippen LogP contribution in [0.5, 0.6) is 0 Å². The Morgan fingerprint density at radius 2 is 2.15 bits per heavy atom. The van der Waals surface area contributed by atoms with Crippen LogP contribution in [-0.4, -0.2) is 62.5 Å². The van der Waals surface area contributed by atoms with Crippen molar-refractivity contribution in [3.8, 4) is 0 Å². The van der Waals surface area contributed by atoms with E-state index >= 15 is 0 Å². The van der Waals surface area contributed by atoms with Crippen molar-refractivity contribution >= 4 is 28.3 Å². The van der Waals surface area contributed by atoms with Gasteiger partial charge in [0.2, 0.25) is 5.91 Å². The fourth-order valence-electron chi connectivity index (χ4n) is 1.30. The minimum Gasteiger partial charge on any atom is -0.343 e. The molecule has 10 heteroatoms. The minimum atomic E-state index is -3.73. The van der Waals surface area contributed by atoms with Crippen molar-refractivity contribution in [1.29, 1.82) is 0 Å². The van der Waals surface area contributed by atoms with Crippen LogP contribution in [0.1, 0.15) is 0 Å². The van der Waals surface area contributed by atoms with Gasteiger partial charge in [-0.1, -0.05) is 0 Å². The highest BCUT2D eigenvalue weighted by Gasteiger charge is 2.19. The lowest BCUT2D eigenvalue weighted by Crippen LogP contribution is -2.40. The first kappa shape index (κ1) is 18.8. The van der Waals surface area contributed by atoms with Gasteiger partial charge < -0.3 is 14.8 Å². The second-order valence-corrected chi connectivity index (χ2v) is 5.83. The van der Waals surface area contributed by atoms with Crippen LogP contribution < -0.4 is 10.0 Å². The summed E-state index contributed by atoms with van der Waals surface area (Å²) in [6.45, 7) is 0.884. The van der Waals surface area contributed by atoms with Gasteiger partial charge in [-0.25, -0.2) is 18.1 Å². The number of amides is 1. The summed E-state index contributed by atoms with van der Waals surface area (Å²) >= 11 is 0. The Kier molecular flexibility index (Phi) is 7.72. The average Bonchev–Trinajstić information content (AvgIpc) is 2.80. The van der Waals surface area contributed by atoms with Crippen LogP contribution in [0.2, 0.25) is 0 Å². The van der Waals surface area contributed by atoms with Crippen molar-refractivity contribution in [3.63, 3.8) is 0 Å². The minimum absolute atomic E-state index is 0. The number of rotatable bonds is 7. The predicted octanol–water partition coefficient (Wildman–Crippen LogP) is -1.20. The molecule has 0 spiro atoms. The first-order valence-corrected chi connectivity index (χ1v) is 7.21. The number of imidazole rings is 1. The highest BCUT2D eigenvalue weighted by molar-refractivity contribution is 7.89. The summed E-state index contributed by atoms with van der Waals surface area (Å²) in [7, 11) is 1.34. The molecule has 1 aromatic rings. The molecule has 1 aromatic heterocycles. The molecule has 0 saturated carbocycles. The van der Waals surface area contributed by atoms with Gasteiger partial charge in [-0.05, 0) is 7.05 Å². The number of nitrogens with zero attached hydrogens (tertiary/aromatic N) is 3. The molecule has 0 bridgehead atoms. The van der Waals surface area contributed by atoms with Crippen molar-refractivity contribution in [3.05, 3.63) is 12.5 Å². The van der Waals surface area contributed by atoms with Gasteiger partial charge >= 0.3 is 0 Å². The van der Waals surface area contributed by atoms with Gasteiger partial charge in [0.1, 0.15) is 0 Å². The van der Waals surface area contributed by atoms with Gasteiger partial charge in [0.05, 0.1) is 12.9 Å². The zero-order valence-corrected chi connectivity index (χ0v) is 13.3. The molecule has 0 aliphatic heterocycles. The molecule has 20 heavy (non-hydrogen) atoms. The smallest absolute Gasteiger partial charge is 0.260 e. The van der Waals surface area contributed by atoms with Gasteiger partial charge in [0, 0.05) is 33.4 Å². The molecule has 0 aliphatic rings. The summed E-state index contributed by atoms with van der Waals surface area (Å²) < 4.78 is 27.4. The molecule has 0 saturated heterocycles. The average molecular weight is 326 g/mol. The van der Waals surface area contributed by atoms with E-state index in [2.05, 4.69) is 15.0 Å². The number of hydrogen-bond acceptors (Lipinski definition) is 5. The Labute approximate surface area is 125 Å². The molecule has 116 valence electrons. The fraction of sp³-hybridized carbons (Fsp3) is 0.600. The second-order valence-electron chi connectivity index (χ2n) is 4.12. The first-order valence-electron chi connectivity index (χ1n) is 5.73. The molecule has 8 nitrogen and oxygen atoms in total. The molecule has 0 aliphatic carbocycles. The highest BCUT2D eigenvalue weighted by atomic mass is 35.5. The lowest BCUT2D eigenvalue weighted by molar-refractivity contribution is -0.128. The number of carbonyl (C=O) groups is 1. The van der Waals surface area contributed by atoms with Gasteiger partial charge in [-0.15, -0.1) is 12.4 Å². The van der Waals surface area contributed by atoms with Crippen molar-refractivity contribution in [1.82, 2.24) is 24.5 Å². The van der Waals surface area contributed by atoms with Crippen molar-refractivity contribution in [2.75, 3.05) is 33.7 Å². The maximum absolute atomic E-state index is 11.8. The summed E-state index contributed by atoms with van der Waals surface area (Å²) in [5, 5.41) is 2.81. The van der Waals surface area contributed by atoms with Crippen LogP contribution >= 0.6 is 12.4 Å². The van der Waals surface area contributed by atoms with Crippen LogP contribution in [0, 0.1) is 0 Å². The zero-order valence-electron chi connectivity index (χ0n) is 11.7. The van der Waals surface area contributed by atoms with Crippen LogP contribution in [0.4, 0.5) is 0 Å². The lowest BCUT2D eigenvalue weighted by Gasteiger charge is -2.16. The summed E-state index contributed by atoms with van der Waals surface area (Å²) in [6.07, 6.45) is 2.76. The number of carbonyl (C=O) groups excluding carboxylic acids is 1. The van der Waals surface area contributed by atoms with Crippen molar-refractivity contribution < 1.29 is 13.2 Å². The molecule has 2 N–H and O–H groups in total. The van der Waals surface area contributed by atoms with Crippen molar-refractivity contribution in [2.45, 2.75) is 5.03 Å². The van der Waals surface area contributed by atoms with E-state index in [1.54, 1.807) is 21.1 Å². The number of aromatic nitrogens is 2. The highest BCUT2D eigenvalue weighted by Crippen LogP contribution is 2.03. The van der Waals surface area contributed by atoms with E-state index in [1.807, 2.05) is 0 Å². The predicted molar refractivity (Wildman–Crippen MR) is 77.2 cm³/mol. The Morgan fingerprint density at radius 3 is 2.65 bits per heavy atom. The molecular weight excluding hydrogens is 306 g/mol. The maximum atomic E-state index is 11.8. The number of sulfonamides is 1. The Morgan fingerprint density at radius 1 is 1.50 bits per heavy atom. The molecule has 0 aromatic carbocycles. The molecule has 0 fully saturated rings. The summed E-state index contributed by atoms with van der Waals surface area (Å²) in [5.74, 6) is -0.297. The van der Waals surface area contributed by atoms with E-state index in [4.69, 9.17) is 0 Å². The Hall–Kier alpha value is -1.16. The number of aryl methyl sites for hydroxylation is 1. The topological polar surface area (TPSA) is 96.3 Å². The van der Waals surface area contributed by atoms with E-state index in [1.165, 1.54) is 22.0 Å². The normalized spacial score (nSPS) is 10.9. The number of nitrogens with one attached hydrogen (secondary N) is 2. The van der Waals surface area contributed by atoms with E-state index in [0.29, 0.717) is 13.1 Å². The lowest BCUT2D eigenvalue weighted by atomic mass is 10.5. The van der Waals surface area contributed by atoms with Crippen LogP contribution in [0.25, 0.3) is 0 Å². The van der Waals surface area contributed by atoms with E-state index in [0.717, 1.165) is 0 Å². The fourth-order valence-corrected chi connectivity index (χ4v) is 2.25. The number of halogens is 1. The summed E-state index contributed by atoms with van der Waals surface area (Å²) in [6, 6.07) is 0. The number of hydrogen-bond donors (Lipinski definition) is 2. The molecular formula is C10H20ClN5O3S. The Balaban J connectivity index is 0.00000361. The van der Waals surface area contributed by atoms with E-state index < -0.39 is 10.0 Å².